The first-order chi connectivity index (χ1) is 8.69. The smallest absolute Gasteiger partial charge is 1.00 e. The number of rotatable bonds is 4. The maximum absolute atomic E-state index is 10.4. The van der Waals surface area contributed by atoms with Gasteiger partial charge in [0.25, 0.3) is 0 Å². The van der Waals surface area contributed by atoms with Crippen LogP contribution in [0.4, 0.5) is 0 Å². The van der Waals surface area contributed by atoms with Crippen LogP contribution in [0, 0.1) is 0 Å². The van der Waals surface area contributed by atoms with Crippen molar-refractivity contribution in [2.24, 2.45) is 0 Å². The summed E-state index contributed by atoms with van der Waals surface area (Å²) in [6, 6.07) is 0. The average Bonchev–Trinajstić information content (AvgIpc) is 2.83. The molecule has 2 aliphatic rings. The van der Waals surface area contributed by atoms with E-state index >= 15 is 0 Å². The molecule has 0 aliphatic heterocycles. The Morgan fingerprint density at radius 2 is 1.14 bits per heavy atom. The molecule has 7 heteroatoms. The van der Waals surface area contributed by atoms with Crippen LogP contribution < -0.4 is 24.8 Å². The quantitative estimate of drug-likeness (QED) is 0.457. The van der Waals surface area contributed by atoms with Gasteiger partial charge in [0.2, 0.25) is 0 Å². The third-order valence-corrected chi connectivity index (χ3v) is 12.1. The van der Waals surface area contributed by atoms with Crippen molar-refractivity contribution in [1.29, 1.82) is 0 Å². The molecule has 2 rings (SSSR count). The van der Waals surface area contributed by atoms with Crippen LogP contribution in [0.25, 0.3) is 0 Å². The van der Waals surface area contributed by atoms with Gasteiger partial charge in [-0.3, -0.25) is 0 Å². The van der Waals surface area contributed by atoms with E-state index in [4.69, 9.17) is 0 Å². The molecule has 0 bridgehead atoms. The second kappa shape index (κ2) is 8.05. The van der Waals surface area contributed by atoms with E-state index < -0.39 is 39.9 Å². The Balaban J connectivity index is 0.00000200. The minimum Gasteiger partial charge on any atom is -1.00 e. The number of allylic oxidation sites excluding steroid dienone is 8. The molecule has 0 amide bonds. The van der Waals surface area contributed by atoms with Crippen LogP contribution in [-0.2, 0) is 23.2 Å². The Kier molecular flexibility index (Phi) is 8.35. The standard InChI is InChI=1S/2C7H11OSi.2ClH.Zr/c2*1-9(2,8)7-5-3-4-6-7;;;/h2*3,5,8H,4H2,1-2H3;2*1H;/q;;;;+2/p-2. The van der Waals surface area contributed by atoms with Crippen molar-refractivity contribution in [3.63, 3.8) is 0 Å². The fourth-order valence-electron chi connectivity index (χ4n) is 2.58. The summed E-state index contributed by atoms with van der Waals surface area (Å²) >= 11 is -0.825. The molecule has 0 fully saturated rings. The molecule has 2 N–H and O–H groups in total. The van der Waals surface area contributed by atoms with Gasteiger partial charge >= 0.3 is 130 Å². The number of halogens is 2. The summed E-state index contributed by atoms with van der Waals surface area (Å²) in [6.45, 7) is 8.02. The van der Waals surface area contributed by atoms with Crippen LogP contribution in [0.3, 0.4) is 0 Å². The molecule has 0 heterocycles. The van der Waals surface area contributed by atoms with E-state index in [9.17, 15) is 9.59 Å². The van der Waals surface area contributed by atoms with Gasteiger partial charge in [0.05, 0.1) is 0 Å². The van der Waals surface area contributed by atoms with Gasteiger partial charge in [-0.15, -0.1) is 0 Å². The predicted molar refractivity (Wildman–Crippen MR) is 81.0 cm³/mol. The van der Waals surface area contributed by atoms with Crippen molar-refractivity contribution in [2.45, 2.75) is 39.0 Å². The molecule has 0 aromatic rings. The SMILES string of the molecule is C[Si](C)(O)C1=[C]([Zr+2][C]2=C([Si](C)(C)O)C=CC2)CC=C1.[Cl-].[Cl-]. The second-order valence-electron chi connectivity index (χ2n) is 6.24. The maximum atomic E-state index is 10.4. The van der Waals surface area contributed by atoms with Gasteiger partial charge in [-0.05, 0) is 0 Å². The second-order valence-corrected chi connectivity index (χ2v) is 17.1. The third-order valence-electron chi connectivity index (χ3n) is 3.48. The summed E-state index contributed by atoms with van der Waals surface area (Å²) in [5, 5.41) is 2.52. The van der Waals surface area contributed by atoms with Crippen LogP contribution >= 0.6 is 0 Å². The van der Waals surface area contributed by atoms with Crippen LogP contribution in [0.1, 0.15) is 12.8 Å². The van der Waals surface area contributed by atoms with Crippen molar-refractivity contribution in [2.75, 3.05) is 0 Å². The van der Waals surface area contributed by atoms with Crippen LogP contribution in [0.5, 0.6) is 0 Å². The molecule has 2 aliphatic carbocycles. The first-order valence-corrected chi connectivity index (χ1v) is 15.1. The van der Waals surface area contributed by atoms with Gasteiger partial charge in [0.1, 0.15) is 0 Å². The van der Waals surface area contributed by atoms with Crippen LogP contribution in [0.2, 0.25) is 26.2 Å². The molecule has 0 saturated heterocycles. The number of hydrogen-bond acceptors (Lipinski definition) is 2. The molecule has 0 aromatic heterocycles. The average molecular weight is 441 g/mol. The summed E-state index contributed by atoms with van der Waals surface area (Å²) in [4.78, 5) is 20.7. The molecular weight excluding hydrogens is 418 g/mol. The summed E-state index contributed by atoms with van der Waals surface area (Å²) < 4.78 is 3.05. The summed E-state index contributed by atoms with van der Waals surface area (Å²) in [6.07, 6.45) is 10.7. The van der Waals surface area contributed by atoms with E-state index in [1.807, 2.05) is 26.2 Å². The molecule has 0 radical (unpaired) electrons. The van der Waals surface area contributed by atoms with Crippen molar-refractivity contribution < 1.29 is 57.6 Å². The fourth-order valence-corrected chi connectivity index (χ4v) is 13.6. The van der Waals surface area contributed by atoms with Crippen molar-refractivity contribution in [3.05, 3.63) is 41.3 Å². The van der Waals surface area contributed by atoms with E-state index in [2.05, 4.69) is 24.3 Å². The molecular formula is C14H22Cl2O2Si2Zr. The molecule has 0 aromatic carbocycles. The number of hydrogen-bond donors (Lipinski definition) is 2. The zero-order valence-electron chi connectivity index (χ0n) is 12.9. The Labute approximate surface area is 153 Å². The minimum atomic E-state index is -2.19. The Morgan fingerprint density at radius 1 is 0.810 bits per heavy atom. The van der Waals surface area contributed by atoms with Gasteiger partial charge in [0, 0.05) is 0 Å². The molecule has 116 valence electrons. The van der Waals surface area contributed by atoms with Gasteiger partial charge in [-0.2, -0.15) is 0 Å². The largest absolute Gasteiger partial charge is 1.00 e. The van der Waals surface area contributed by atoms with Crippen molar-refractivity contribution in [3.8, 4) is 0 Å². The normalized spacial score (nSPS) is 17.8. The molecule has 0 unspecified atom stereocenters. The first-order valence-electron chi connectivity index (χ1n) is 6.71. The predicted octanol–water partition coefficient (Wildman–Crippen LogP) is -3.02. The van der Waals surface area contributed by atoms with E-state index in [0.29, 0.717) is 0 Å². The topological polar surface area (TPSA) is 40.5 Å². The molecule has 0 spiro atoms. The van der Waals surface area contributed by atoms with Crippen molar-refractivity contribution >= 4 is 16.6 Å². The molecule has 0 saturated carbocycles. The van der Waals surface area contributed by atoms with Crippen molar-refractivity contribution in [1.82, 2.24) is 0 Å². The zero-order chi connectivity index (χ0) is 14.3. The first kappa shape index (κ1) is 21.8. The van der Waals surface area contributed by atoms with Crippen LogP contribution in [0.15, 0.2) is 41.3 Å². The van der Waals surface area contributed by atoms with E-state index in [0.717, 1.165) is 12.8 Å². The Hall–Kier alpha value is 0.777. The van der Waals surface area contributed by atoms with Crippen LogP contribution in [-0.4, -0.2) is 26.2 Å². The van der Waals surface area contributed by atoms with Gasteiger partial charge in [-0.1, -0.05) is 0 Å². The van der Waals surface area contributed by atoms with E-state index in [-0.39, 0.29) is 24.8 Å². The Morgan fingerprint density at radius 3 is 1.43 bits per heavy atom. The Bertz CT molecular complexity index is 466. The molecule has 0 atom stereocenters. The van der Waals surface area contributed by atoms with Gasteiger partial charge in [0.15, 0.2) is 0 Å². The summed E-state index contributed by atoms with van der Waals surface area (Å²) in [5.74, 6) is 0. The summed E-state index contributed by atoms with van der Waals surface area (Å²) in [7, 11) is -4.37. The third kappa shape index (κ3) is 5.42. The van der Waals surface area contributed by atoms with E-state index in [1.165, 1.54) is 17.0 Å². The van der Waals surface area contributed by atoms with E-state index in [1.54, 1.807) is 0 Å². The molecule has 2 nitrogen and oxygen atoms in total. The minimum absolute atomic E-state index is 0. The monoisotopic (exact) mass is 438 g/mol. The van der Waals surface area contributed by atoms with Gasteiger partial charge < -0.3 is 24.8 Å². The maximum Gasteiger partial charge on any atom is -1.00 e. The van der Waals surface area contributed by atoms with Gasteiger partial charge in [-0.25, -0.2) is 0 Å². The molecule has 21 heavy (non-hydrogen) atoms. The zero-order valence-corrected chi connectivity index (χ0v) is 18.8. The fraction of sp³-hybridized carbons (Fsp3) is 0.429. The summed E-state index contributed by atoms with van der Waals surface area (Å²) in [5.41, 5.74) is 0.